The Bertz CT molecular complexity index is 251. The molecule has 1 aliphatic heterocycles. The van der Waals surface area contributed by atoms with Crippen LogP contribution in [0.2, 0.25) is 0 Å². The summed E-state index contributed by atoms with van der Waals surface area (Å²) >= 11 is 0. The Morgan fingerprint density at radius 1 is 1.28 bits per heavy atom. The molecule has 2 fully saturated rings. The largest absolute Gasteiger partial charge is 0.391 e. The highest BCUT2D eigenvalue weighted by molar-refractivity contribution is 5.85. The number of aliphatic hydroxyl groups is 1. The highest BCUT2D eigenvalue weighted by atomic mass is 35.5. The summed E-state index contributed by atoms with van der Waals surface area (Å²) in [5.41, 5.74) is 0. The van der Waals surface area contributed by atoms with Gasteiger partial charge in [0.1, 0.15) is 0 Å². The quantitative estimate of drug-likeness (QED) is 0.720. The number of carbonyl (C=O) groups excluding carboxylic acids is 1. The first-order chi connectivity index (χ1) is 8.27. The molecule has 0 aromatic carbocycles. The van der Waals surface area contributed by atoms with Crippen LogP contribution in [0.3, 0.4) is 0 Å². The van der Waals surface area contributed by atoms with Crippen molar-refractivity contribution in [2.45, 2.75) is 44.6 Å². The third-order valence-electron chi connectivity index (χ3n) is 4.11. The summed E-state index contributed by atoms with van der Waals surface area (Å²) < 4.78 is 0. The SMILES string of the molecule is Cl.O=C(NCC(O)C1CCCCC1)C1CCNC1. The van der Waals surface area contributed by atoms with E-state index in [1.807, 2.05) is 0 Å². The summed E-state index contributed by atoms with van der Waals surface area (Å²) in [4.78, 5) is 11.8. The smallest absolute Gasteiger partial charge is 0.224 e. The van der Waals surface area contributed by atoms with E-state index >= 15 is 0 Å². The summed E-state index contributed by atoms with van der Waals surface area (Å²) in [5.74, 6) is 0.601. The van der Waals surface area contributed by atoms with Crippen molar-refractivity contribution < 1.29 is 9.90 Å². The van der Waals surface area contributed by atoms with E-state index in [2.05, 4.69) is 10.6 Å². The molecule has 18 heavy (non-hydrogen) atoms. The van der Waals surface area contributed by atoms with Crippen LogP contribution in [-0.2, 0) is 4.79 Å². The molecule has 1 aliphatic carbocycles. The monoisotopic (exact) mass is 276 g/mol. The zero-order valence-corrected chi connectivity index (χ0v) is 11.7. The molecule has 0 bridgehead atoms. The molecule has 0 aromatic heterocycles. The van der Waals surface area contributed by atoms with Gasteiger partial charge in [-0.15, -0.1) is 12.4 Å². The van der Waals surface area contributed by atoms with Crippen molar-refractivity contribution in [2.75, 3.05) is 19.6 Å². The molecule has 106 valence electrons. The van der Waals surface area contributed by atoms with Gasteiger partial charge < -0.3 is 15.7 Å². The Balaban J connectivity index is 0.00000162. The van der Waals surface area contributed by atoms with Gasteiger partial charge in [-0.1, -0.05) is 19.3 Å². The molecule has 2 rings (SSSR count). The van der Waals surface area contributed by atoms with Crippen molar-refractivity contribution in [3.8, 4) is 0 Å². The van der Waals surface area contributed by atoms with Crippen molar-refractivity contribution in [1.82, 2.24) is 10.6 Å². The molecule has 2 unspecified atom stereocenters. The number of aliphatic hydroxyl groups excluding tert-OH is 1. The van der Waals surface area contributed by atoms with Crippen LogP contribution in [0.25, 0.3) is 0 Å². The highest BCUT2D eigenvalue weighted by Gasteiger charge is 2.25. The lowest BCUT2D eigenvalue weighted by Gasteiger charge is -2.27. The molecule has 1 heterocycles. The fourth-order valence-electron chi connectivity index (χ4n) is 2.91. The normalized spacial score (nSPS) is 26.4. The van der Waals surface area contributed by atoms with Gasteiger partial charge in [-0.25, -0.2) is 0 Å². The lowest BCUT2D eigenvalue weighted by molar-refractivity contribution is -0.125. The second kappa shape index (κ2) is 7.97. The summed E-state index contributed by atoms with van der Waals surface area (Å²) in [6, 6.07) is 0. The highest BCUT2D eigenvalue weighted by Crippen LogP contribution is 2.26. The first kappa shape index (κ1) is 15.7. The average Bonchev–Trinajstić information content (AvgIpc) is 2.90. The lowest BCUT2D eigenvalue weighted by atomic mass is 9.85. The van der Waals surface area contributed by atoms with Crippen molar-refractivity contribution >= 4 is 18.3 Å². The number of nitrogens with one attached hydrogen (secondary N) is 2. The van der Waals surface area contributed by atoms with Crippen LogP contribution in [0.5, 0.6) is 0 Å². The zero-order chi connectivity index (χ0) is 12.1. The Morgan fingerprint density at radius 2 is 2.00 bits per heavy atom. The molecule has 1 amide bonds. The minimum absolute atomic E-state index is 0. The topological polar surface area (TPSA) is 61.4 Å². The van der Waals surface area contributed by atoms with Gasteiger partial charge in [-0.3, -0.25) is 4.79 Å². The molecular weight excluding hydrogens is 252 g/mol. The molecule has 0 aromatic rings. The van der Waals surface area contributed by atoms with Crippen LogP contribution in [0.1, 0.15) is 38.5 Å². The first-order valence-electron chi connectivity index (χ1n) is 6.94. The Hall–Kier alpha value is -0.320. The maximum Gasteiger partial charge on any atom is 0.224 e. The lowest BCUT2D eigenvalue weighted by Crippen LogP contribution is -2.40. The fourth-order valence-corrected chi connectivity index (χ4v) is 2.91. The number of halogens is 1. The van der Waals surface area contributed by atoms with Crippen molar-refractivity contribution in [1.29, 1.82) is 0 Å². The van der Waals surface area contributed by atoms with E-state index in [1.165, 1.54) is 19.3 Å². The number of hydrogen-bond donors (Lipinski definition) is 3. The van der Waals surface area contributed by atoms with Gasteiger partial charge in [-0.2, -0.15) is 0 Å². The molecule has 2 atom stereocenters. The van der Waals surface area contributed by atoms with Crippen LogP contribution < -0.4 is 10.6 Å². The zero-order valence-electron chi connectivity index (χ0n) is 10.9. The fraction of sp³-hybridized carbons (Fsp3) is 0.923. The molecule has 0 radical (unpaired) electrons. The first-order valence-corrected chi connectivity index (χ1v) is 6.94. The van der Waals surface area contributed by atoms with E-state index < -0.39 is 0 Å². The van der Waals surface area contributed by atoms with Gasteiger partial charge in [0, 0.05) is 13.1 Å². The van der Waals surface area contributed by atoms with Crippen LogP contribution in [-0.4, -0.2) is 36.8 Å². The van der Waals surface area contributed by atoms with Crippen molar-refractivity contribution in [3.05, 3.63) is 0 Å². The third-order valence-corrected chi connectivity index (χ3v) is 4.11. The van der Waals surface area contributed by atoms with Gasteiger partial charge in [0.05, 0.1) is 12.0 Å². The van der Waals surface area contributed by atoms with Crippen LogP contribution in [0, 0.1) is 11.8 Å². The standard InChI is InChI=1S/C13H24N2O2.ClH/c16-12(10-4-2-1-3-5-10)9-15-13(17)11-6-7-14-8-11;/h10-12,14,16H,1-9H2,(H,15,17);1H. The van der Waals surface area contributed by atoms with Gasteiger partial charge in [0.25, 0.3) is 0 Å². The summed E-state index contributed by atoms with van der Waals surface area (Å²) in [5, 5.41) is 16.1. The summed E-state index contributed by atoms with van der Waals surface area (Å²) in [7, 11) is 0. The van der Waals surface area contributed by atoms with Crippen LogP contribution >= 0.6 is 12.4 Å². The average molecular weight is 277 g/mol. The maximum absolute atomic E-state index is 11.8. The van der Waals surface area contributed by atoms with Crippen molar-refractivity contribution in [2.24, 2.45) is 11.8 Å². The summed E-state index contributed by atoms with van der Waals surface area (Å²) in [6.45, 7) is 2.15. The van der Waals surface area contributed by atoms with Crippen molar-refractivity contribution in [3.63, 3.8) is 0 Å². The Labute approximate surface area is 115 Å². The van der Waals surface area contributed by atoms with Gasteiger partial charge in [0.2, 0.25) is 5.91 Å². The Morgan fingerprint density at radius 3 is 2.61 bits per heavy atom. The maximum atomic E-state index is 11.8. The molecule has 5 heteroatoms. The van der Waals surface area contributed by atoms with Gasteiger partial charge >= 0.3 is 0 Å². The molecule has 0 spiro atoms. The van der Waals surface area contributed by atoms with E-state index in [4.69, 9.17) is 0 Å². The molecule has 4 nitrogen and oxygen atoms in total. The minimum Gasteiger partial charge on any atom is -0.391 e. The van der Waals surface area contributed by atoms with Crippen LogP contribution in [0.4, 0.5) is 0 Å². The number of amides is 1. The molecular formula is C13H25ClN2O2. The van der Waals surface area contributed by atoms with E-state index in [1.54, 1.807) is 0 Å². The van der Waals surface area contributed by atoms with E-state index in [0.717, 1.165) is 32.4 Å². The van der Waals surface area contributed by atoms with E-state index in [-0.39, 0.29) is 30.3 Å². The van der Waals surface area contributed by atoms with Crippen LogP contribution in [0.15, 0.2) is 0 Å². The number of hydrogen-bond acceptors (Lipinski definition) is 3. The molecule has 1 saturated carbocycles. The summed E-state index contributed by atoms with van der Waals surface area (Å²) in [6.07, 6.45) is 6.54. The second-order valence-electron chi connectivity index (χ2n) is 5.40. The second-order valence-corrected chi connectivity index (χ2v) is 5.40. The Kier molecular flexibility index (Phi) is 6.97. The van der Waals surface area contributed by atoms with Gasteiger partial charge in [-0.05, 0) is 31.7 Å². The third kappa shape index (κ3) is 4.41. The molecule has 2 aliphatic rings. The molecule has 1 saturated heterocycles. The molecule has 3 N–H and O–H groups in total. The number of carbonyl (C=O) groups is 1. The predicted octanol–water partition coefficient (Wildman–Crippen LogP) is 1.08. The minimum atomic E-state index is -0.353. The van der Waals surface area contributed by atoms with E-state index in [9.17, 15) is 9.90 Å². The number of rotatable bonds is 4. The van der Waals surface area contributed by atoms with E-state index in [0.29, 0.717) is 12.5 Å². The van der Waals surface area contributed by atoms with Gasteiger partial charge in [0.15, 0.2) is 0 Å². The predicted molar refractivity (Wildman–Crippen MR) is 73.8 cm³/mol.